The molecule has 1 aliphatic heterocycles. The first-order valence-corrected chi connectivity index (χ1v) is 9.98. The first kappa shape index (κ1) is 22.4. The van der Waals surface area contributed by atoms with Crippen molar-refractivity contribution in [1.82, 2.24) is 5.32 Å². The number of nitrogens with one attached hydrogen (secondary N) is 1. The molecule has 1 aliphatic rings. The molecule has 1 heterocycles. The average Bonchev–Trinajstić information content (AvgIpc) is 2.73. The Morgan fingerprint density at radius 3 is 2.48 bits per heavy atom. The van der Waals surface area contributed by atoms with Crippen LogP contribution in [0, 0.1) is 0 Å². The zero-order chi connectivity index (χ0) is 22.5. The highest BCUT2D eigenvalue weighted by Gasteiger charge is 2.37. The molecule has 3 rings (SSSR count). The zero-order valence-corrected chi connectivity index (χ0v) is 18.0. The van der Waals surface area contributed by atoms with Crippen molar-refractivity contribution in [2.75, 3.05) is 18.1 Å². The van der Waals surface area contributed by atoms with Crippen LogP contribution >= 0.6 is 23.2 Å². The van der Waals surface area contributed by atoms with E-state index < -0.39 is 17.8 Å². The lowest BCUT2D eigenvalue weighted by molar-refractivity contribution is -0.122. The summed E-state index contributed by atoms with van der Waals surface area (Å²) >= 11 is 11.9. The van der Waals surface area contributed by atoms with Crippen LogP contribution in [0.5, 0.6) is 11.5 Å². The van der Waals surface area contributed by atoms with Crippen molar-refractivity contribution in [1.29, 1.82) is 0 Å². The van der Waals surface area contributed by atoms with E-state index in [1.54, 1.807) is 24.3 Å². The minimum atomic E-state index is -0.881. The van der Waals surface area contributed by atoms with Crippen LogP contribution in [0.25, 0.3) is 6.08 Å². The Morgan fingerprint density at radius 2 is 1.81 bits per heavy atom. The van der Waals surface area contributed by atoms with Gasteiger partial charge in [-0.25, -0.2) is 9.69 Å². The largest absolute Gasteiger partial charge is 0.490 e. The molecule has 0 bridgehead atoms. The summed E-state index contributed by atoms with van der Waals surface area (Å²) < 4.78 is 11.1. The third kappa shape index (κ3) is 4.90. The molecule has 31 heavy (non-hydrogen) atoms. The average molecular weight is 461 g/mol. The van der Waals surface area contributed by atoms with Crippen LogP contribution in [0.1, 0.15) is 12.5 Å². The fourth-order valence-electron chi connectivity index (χ4n) is 2.83. The van der Waals surface area contributed by atoms with Crippen LogP contribution in [0.4, 0.5) is 10.5 Å². The van der Waals surface area contributed by atoms with E-state index in [9.17, 15) is 14.4 Å². The second-order valence-electron chi connectivity index (χ2n) is 6.30. The summed E-state index contributed by atoms with van der Waals surface area (Å²) in [6, 6.07) is 8.35. The maximum Gasteiger partial charge on any atom is 0.335 e. The van der Waals surface area contributed by atoms with Crippen LogP contribution in [0.15, 0.2) is 54.6 Å². The number of rotatable bonds is 7. The molecule has 1 fully saturated rings. The fourth-order valence-corrected chi connectivity index (χ4v) is 3.13. The van der Waals surface area contributed by atoms with Gasteiger partial charge >= 0.3 is 6.03 Å². The molecule has 0 unspecified atom stereocenters. The van der Waals surface area contributed by atoms with Gasteiger partial charge in [0.05, 0.1) is 22.3 Å². The Labute approximate surface area is 188 Å². The molecular weight excluding hydrogens is 443 g/mol. The highest BCUT2D eigenvalue weighted by atomic mass is 35.5. The lowest BCUT2D eigenvalue weighted by Gasteiger charge is -2.26. The topological polar surface area (TPSA) is 84.9 Å². The lowest BCUT2D eigenvalue weighted by atomic mass is 10.1. The van der Waals surface area contributed by atoms with Gasteiger partial charge in [0.1, 0.15) is 12.2 Å². The molecule has 1 N–H and O–H groups in total. The summed E-state index contributed by atoms with van der Waals surface area (Å²) in [5.41, 5.74) is 0.461. The molecule has 0 aliphatic carbocycles. The maximum atomic E-state index is 13.0. The maximum absolute atomic E-state index is 13.0. The van der Waals surface area contributed by atoms with E-state index in [2.05, 4.69) is 11.9 Å². The molecule has 2 aromatic rings. The molecule has 0 aromatic heterocycles. The van der Waals surface area contributed by atoms with Gasteiger partial charge in [-0.3, -0.25) is 14.9 Å². The molecule has 0 radical (unpaired) electrons. The number of barbiturate groups is 1. The Morgan fingerprint density at radius 1 is 1.03 bits per heavy atom. The van der Waals surface area contributed by atoms with Gasteiger partial charge in [0.25, 0.3) is 11.8 Å². The van der Waals surface area contributed by atoms with E-state index in [0.29, 0.717) is 30.3 Å². The van der Waals surface area contributed by atoms with Gasteiger partial charge in [-0.1, -0.05) is 41.9 Å². The highest BCUT2D eigenvalue weighted by Crippen LogP contribution is 2.31. The van der Waals surface area contributed by atoms with Crippen molar-refractivity contribution in [2.45, 2.75) is 6.92 Å². The summed E-state index contributed by atoms with van der Waals surface area (Å²) in [7, 11) is 0. The number of ether oxygens (including phenoxy) is 2. The number of carbonyl (C=O) groups is 3. The lowest BCUT2D eigenvalue weighted by Crippen LogP contribution is -2.54. The predicted octanol–water partition coefficient (Wildman–Crippen LogP) is 4.62. The molecule has 0 atom stereocenters. The molecule has 2 aromatic carbocycles. The zero-order valence-electron chi connectivity index (χ0n) is 16.5. The molecule has 0 spiro atoms. The standard InChI is InChI=1S/C22H18Cl2N2O5/c1-3-9-31-18-8-5-13(11-19(18)30-4-2)10-15-20(27)25-22(29)26(21(15)28)14-6-7-16(23)17(24)12-14/h3,5-8,10-12H,1,4,9H2,2H3,(H,25,27,29)/b15-10+. The third-order valence-electron chi connectivity index (χ3n) is 4.20. The van der Waals surface area contributed by atoms with Gasteiger partial charge in [0.15, 0.2) is 11.5 Å². The Balaban J connectivity index is 1.98. The van der Waals surface area contributed by atoms with Crippen LogP contribution in [0.2, 0.25) is 10.0 Å². The number of hydrogen-bond acceptors (Lipinski definition) is 5. The number of carbonyl (C=O) groups excluding carboxylic acids is 3. The normalized spacial score (nSPS) is 15.1. The second kappa shape index (κ2) is 9.68. The van der Waals surface area contributed by atoms with E-state index in [0.717, 1.165) is 4.90 Å². The molecule has 9 heteroatoms. The number of benzene rings is 2. The van der Waals surface area contributed by atoms with Crippen molar-refractivity contribution in [3.63, 3.8) is 0 Å². The molecule has 160 valence electrons. The number of amides is 4. The molecular formula is C22H18Cl2N2O5. The van der Waals surface area contributed by atoms with Gasteiger partial charge in [-0.15, -0.1) is 0 Å². The fraction of sp³-hybridized carbons (Fsp3) is 0.136. The van der Waals surface area contributed by atoms with Crippen molar-refractivity contribution in [2.24, 2.45) is 0 Å². The number of anilines is 1. The number of imide groups is 2. The summed E-state index contributed by atoms with van der Waals surface area (Å²) in [6.45, 7) is 6.11. The SMILES string of the molecule is C=CCOc1ccc(/C=C2\C(=O)NC(=O)N(c3ccc(Cl)c(Cl)c3)C2=O)cc1OCC. The number of hydrogen-bond donors (Lipinski definition) is 1. The molecule has 7 nitrogen and oxygen atoms in total. The summed E-state index contributed by atoms with van der Waals surface area (Å²) in [5.74, 6) is -0.663. The van der Waals surface area contributed by atoms with Crippen molar-refractivity contribution in [3.05, 3.63) is 70.2 Å². The van der Waals surface area contributed by atoms with E-state index in [-0.39, 0.29) is 21.3 Å². The van der Waals surface area contributed by atoms with E-state index in [1.165, 1.54) is 24.3 Å². The van der Waals surface area contributed by atoms with Gasteiger partial charge in [0, 0.05) is 0 Å². The highest BCUT2D eigenvalue weighted by molar-refractivity contribution is 6.43. The Kier molecular flexibility index (Phi) is 6.99. The number of halogens is 2. The first-order chi connectivity index (χ1) is 14.8. The van der Waals surface area contributed by atoms with Gasteiger partial charge in [-0.05, 0) is 48.9 Å². The van der Waals surface area contributed by atoms with E-state index in [4.69, 9.17) is 32.7 Å². The molecule has 0 saturated carbocycles. The molecule has 1 saturated heterocycles. The smallest absolute Gasteiger partial charge is 0.335 e. The predicted molar refractivity (Wildman–Crippen MR) is 119 cm³/mol. The van der Waals surface area contributed by atoms with E-state index in [1.807, 2.05) is 6.92 Å². The summed E-state index contributed by atoms with van der Waals surface area (Å²) in [6.07, 6.45) is 2.97. The number of nitrogens with zero attached hydrogens (tertiary/aromatic N) is 1. The Bertz CT molecular complexity index is 1100. The minimum Gasteiger partial charge on any atom is -0.490 e. The summed E-state index contributed by atoms with van der Waals surface area (Å²) in [4.78, 5) is 38.5. The second-order valence-corrected chi connectivity index (χ2v) is 7.11. The van der Waals surface area contributed by atoms with Crippen molar-refractivity contribution < 1.29 is 23.9 Å². The van der Waals surface area contributed by atoms with Crippen molar-refractivity contribution >= 4 is 52.8 Å². The Hall–Kier alpha value is -3.29. The molecule has 4 amide bonds. The number of urea groups is 1. The van der Waals surface area contributed by atoms with Crippen LogP contribution in [0.3, 0.4) is 0 Å². The van der Waals surface area contributed by atoms with Gasteiger partial charge in [0.2, 0.25) is 0 Å². The third-order valence-corrected chi connectivity index (χ3v) is 4.94. The summed E-state index contributed by atoms with van der Waals surface area (Å²) in [5, 5.41) is 2.59. The van der Waals surface area contributed by atoms with Crippen LogP contribution in [-0.4, -0.2) is 31.1 Å². The van der Waals surface area contributed by atoms with Crippen LogP contribution < -0.4 is 19.7 Å². The van der Waals surface area contributed by atoms with Crippen LogP contribution in [-0.2, 0) is 9.59 Å². The first-order valence-electron chi connectivity index (χ1n) is 9.22. The van der Waals surface area contributed by atoms with Crippen molar-refractivity contribution in [3.8, 4) is 11.5 Å². The quantitative estimate of drug-likeness (QED) is 0.370. The van der Waals surface area contributed by atoms with Gasteiger partial charge in [-0.2, -0.15) is 0 Å². The minimum absolute atomic E-state index is 0.165. The van der Waals surface area contributed by atoms with Gasteiger partial charge < -0.3 is 9.47 Å². The monoisotopic (exact) mass is 460 g/mol. The van der Waals surface area contributed by atoms with E-state index >= 15 is 0 Å².